The zero-order valence-electron chi connectivity index (χ0n) is 12.3. The third kappa shape index (κ3) is 3.79. The molecule has 0 radical (unpaired) electrons. The van der Waals surface area contributed by atoms with E-state index in [1.807, 2.05) is 24.3 Å². The number of anilines is 1. The first-order valence-corrected chi connectivity index (χ1v) is 8.58. The Morgan fingerprint density at radius 3 is 2.61 bits per heavy atom. The van der Waals surface area contributed by atoms with Gasteiger partial charge in [-0.2, -0.15) is 0 Å². The molecule has 0 saturated carbocycles. The van der Waals surface area contributed by atoms with Crippen LogP contribution >= 0.6 is 23.4 Å². The zero-order valence-corrected chi connectivity index (χ0v) is 13.9. The van der Waals surface area contributed by atoms with E-state index in [1.165, 1.54) is 0 Å². The Morgan fingerprint density at radius 1 is 1.26 bits per heavy atom. The highest BCUT2D eigenvalue weighted by Crippen LogP contribution is 2.24. The maximum Gasteiger partial charge on any atom is 0.286 e. The summed E-state index contributed by atoms with van der Waals surface area (Å²) in [6.07, 6.45) is 0.0689. The smallest absolute Gasteiger partial charge is 0.286 e. The van der Waals surface area contributed by atoms with E-state index in [1.54, 1.807) is 4.90 Å². The minimum Gasteiger partial charge on any atom is -0.368 e. The first kappa shape index (κ1) is 16.1. The Labute approximate surface area is 143 Å². The van der Waals surface area contributed by atoms with Crippen molar-refractivity contribution in [3.05, 3.63) is 29.3 Å². The van der Waals surface area contributed by atoms with Crippen LogP contribution in [0, 0.1) is 0 Å². The number of imide groups is 1. The van der Waals surface area contributed by atoms with Crippen molar-refractivity contribution in [1.82, 2.24) is 10.2 Å². The number of rotatable bonds is 3. The third-order valence-electron chi connectivity index (χ3n) is 3.93. The second kappa shape index (κ2) is 6.80. The summed E-state index contributed by atoms with van der Waals surface area (Å²) < 4.78 is 0. The molecular weight excluding hydrogens is 338 g/mol. The van der Waals surface area contributed by atoms with Crippen LogP contribution in [-0.2, 0) is 9.59 Å². The molecule has 0 aliphatic carbocycles. The number of thioether (sulfide) groups is 1. The summed E-state index contributed by atoms with van der Waals surface area (Å²) in [5.41, 5.74) is 1.04. The molecule has 6 nitrogen and oxygen atoms in total. The molecule has 2 fully saturated rings. The number of nitrogens with one attached hydrogen (secondary N) is 1. The maximum absolute atomic E-state index is 12.3. The van der Waals surface area contributed by atoms with Crippen LogP contribution in [0.15, 0.2) is 24.3 Å². The summed E-state index contributed by atoms with van der Waals surface area (Å²) >= 11 is 6.90. The normalized spacial score (nSPS) is 21.5. The molecule has 3 rings (SSSR count). The minimum atomic E-state index is -0.596. The van der Waals surface area contributed by atoms with Gasteiger partial charge in [0.1, 0.15) is 5.25 Å². The van der Waals surface area contributed by atoms with E-state index in [9.17, 15) is 14.4 Å². The van der Waals surface area contributed by atoms with Crippen LogP contribution in [-0.4, -0.2) is 53.4 Å². The molecular formula is C15H16ClN3O3S. The molecule has 2 saturated heterocycles. The van der Waals surface area contributed by atoms with Crippen molar-refractivity contribution in [2.75, 3.05) is 31.1 Å². The molecule has 1 atom stereocenters. The molecule has 1 aromatic rings. The predicted octanol–water partition coefficient (Wildman–Crippen LogP) is 1.73. The number of piperazine rings is 1. The monoisotopic (exact) mass is 353 g/mol. The van der Waals surface area contributed by atoms with E-state index in [-0.39, 0.29) is 23.5 Å². The lowest BCUT2D eigenvalue weighted by molar-refractivity contribution is -0.133. The van der Waals surface area contributed by atoms with Crippen molar-refractivity contribution in [3.63, 3.8) is 0 Å². The number of carbonyl (C=O) groups excluding carboxylic acids is 3. The van der Waals surface area contributed by atoms with Gasteiger partial charge in [0.25, 0.3) is 5.24 Å². The lowest BCUT2D eigenvalue weighted by atomic mass is 10.2. The van der Waals surface area contributed by atoms with Crippen molar-refractivity contribution < 1.29 is 14.4 Å². The van der Waals surface area contributed by atoms with Gasteiger partial charge in [-0.15, -0.1) is 0 Å². The molecule has 2 heterocycles. The summed E-state index contributed by atoms with van der Waals surface area (Å²) in [4.78, 5) is 38.9. The van der Waals surface area contributed by atoms with Crippen molar-refractivity contribution in [1.29, 1.82) is 0 Å². The van der Waals surface area contributed by atoms with Gasteiger partial charge in [0.15, 0.2) is 0 Å². The number of halogens is 1. The summed E-state index contributed by atoms with van der Waals surface area (Å²) in [5, 5.41) is 1.92. The van der Waals surface area contributed by atoms with E-state index >= 15 is 0 Å². The Hall–Kier alpha value is -1.73. The summed E-state index contributed by atoms with van der Waals surface area (Å²) in [6.45, 7) is 2.63. The number of amides is 3. The van der Waals surface area contributed by atoms with Crippen LogP contribution in [0.5, 0.6) is 0 Å². The molecule has 0 aromatic heterocycles. The third-order valence-corrected chi connectivity index (χ3v) is 5.15. The average molecular weight is 354 g/mol. The molecule has 0 spiro atoms. The highest BCUT2D eigenvalue weighted by atomic mass is 35.5. The maximum atomic E-state index is 12.3. The van der Waals surface area contributed by atoms with Gasteiger partial charge in [-0.1, -0.05) is 29.4 Å². The molecule has 0 unspecified atom stereocenters. The van der Waals surface area contributed by atoms with Gasteiger partial charge < -0.3 is 9.80 Å². The first-order valence-electron chi connectivity index (χ1n) is 7.33. The minimum absolute atomic E-state index is 0.0689. The highest BCUT2D eigenvalue weighted by Gasteiger charge is 2.34. The van der Waals surface area contributed by atoms with Gasteiger partial charge in [-0.05, 0) is 18.2 Å². The van der Waals surface area contributed by atoms with Crippen molar-refractivity contribution in [2.24, 2.45) is 0 Å². The van der Waals surface area contributed by atoms with E-state index in [4.69, 9.17) is 11.6 Å². The Bertz CT molecular complexity index is 647. The van der Waals surface area contributed by atoms with Gasteiger partial charge in [0.2, 0.25) is 11.8 Å². The molecule has 23 heavy (non-hydrogen) atoms. The summed E-state index contributed by atoms with van der Waals surface area (Å²) in [7, 11) is 0. The number of nitrogens with zero attached hydrogens (tertiary/aromatic N) is 2. The number of hydrogen-bond acceptors (Lipinski definition) is 5. The topological polar surface area (TPSA) is 69.7 Å². The largest absolute Gasteiger partial charge is 0.368 e. The quantitative estimate of drug-likeness (QED) is 0.896. The SMILES string of the molecule is O=C1NC(=O)[C@@H](CC(=O)N2CCN(c3cccc(Cl)c3)CC2)S1. The van der Waals surface area contributed by atoms with Crippen molar-refractivity contribution >= 4 is 46.1 Å². The van der Waals surface area contributed by atoms with Crippen LogP contribution < -0.4 is 10.2 Å². The van der Waals surface area contributed by atoms with Gasteiger partial charge in [0.05, 0.1) is 0 Å². The van der Waals surface area contributed by atoms with Crippen molar-refractivity contribution in [2.45, 2.75) is 11.7 Å². The Balaban J connectivity index is 1.53. The molecule has 2 aliphatic heterocycles. The standard InChI is InChI=1S/C15H16ClN3O3S/c16-10-2-1-3-11(8-10)18-4-6-19(7-5-18)13(20)9-12-14(21)17-15(22)23-12/h1-3,8,12H,4-7,9H2,(H,17,21,22)/t12-/m1/s1. The van der Waals surface area contributed by atoms with Crippen LogP contribution in [0.3, 0.4) is 0 Å². The fourth-order valence-electron chi connectivity index (χ4n) is 2.70. The lowest BCUT2D eigenvalue weighted by Gasteiger charge is -2.36. The Morgan fingerprint density at radius 2 is 2.00 bits per heavy atom. The molecule has 2 aliphatic rings. The molecule has 122 valence electrons. The molecule has 3 amide bonds. The van der Waals surface area contributed by atoms with E-state index < -0.39 is 5.25 Å². The van der Waals surface area contributed by atoms with Crippen LogP contribution in [0.4, 0.5) is 10.5 Å². The van der Waals surface area contributed by atoms with Gasteiger partial charge >= 0.3 is 0 Å². The van der Waals surface area contributed by atoms with Crippen LogP contribution in [0.1, 0.15) is 6.42 Å². The van der Waals surface area contributed by atoms with Crippen LogP contribution in [0.25, 0.3) is 0 Å². The van der Waals surface area contributed by atoms with Crippen LogP contribution in [0.2, 0.25) is 5.02 Å². The van der Waals surface area contributed by atoms with Gasteiger partial charge in [-0.3, -0.25) is 19.7 Å². The van der Waals surface area contributed by atoms with E-state index in [2.05, 4.69) is 10.2 Å². The number of benzene rings is 1. The predicted molar refractivity (Wildman–Crippen MR) is 89.8 cm³/mol. The molecule has 8 heteroatoms. The lowest BCUT2D eigenvalue weighted by Crippen LogP contribution is -2.49. The number of carbonyl (C=O) groups is 3. The fourth-order valence-corrected chi connectivity index (χ4v) is 3.70. The fraction of sp³-hybridized carbons (Fsp3) is 0.400. The average Bonchev–Trinajstić information content (AvgIpc) is 2.85. The van der Waals surface area contributed by atoms with Gasteiger partial charge in [-0.25, -0.2) is 0 Å². The van der Waals surface area contributed by atoms with E-state index in [0.717, 1.165) is 30.5 Å². The Kier molecular flexibility index (Phi) is 4.77. The first-order chi connectivity index (χ1) is 11.0. The molecule has 0 bridgehead atoms. The summed E-state index contributed by atoms with van der Waals surface area (Å²) in [6, 6.07) is 7.64. The molecule has 1 aromatic carbocycles. The van der Waals surface area contributed by atoms with Crippen molar-refractivity contribution in [3.8, 4) is 0 Å². The second-order valence-corrected chi connectivity index (χ2v) is 7.05. The number of hydrogen-bond donors (Lipinski definition) is 1. The second-order valence-electron chi connectivity index (χ2n) is 5.44. The summed E-state index contributed by atoms with van der Waals surface area (Å²) in [5.74, 6) is -0.455. The highest BCUT2D eigenvalue weighted by molar-refractivity contribution is 8.15. The molecule has 1 N–H and O–H groups in total. The van der Waals surface area contributed by atoms with Gasteiger partial charge in [0, 0.05) is 43.3 Å². The zero-order chi connectivity index (χ0) is 16.4. The van der Waals surface area contributed by atoms with E-state index in [0.29, 0.717) is 18.1 Å².